The Morgan fingerprint density at radius 2 is 1.70 bits per heavy atom. The van der Waals surface area contributed by atoms with E-state index in [1.54, 1.807) is 37.3 Å². The van der Waals surface area contributed by atoms with Crippen molar-refractivity contribution in [3.8, 4) is 11.5 Å². The highest BCUT2D eigenvalue weighted by molar-refractivity contribution is 5.93. The number of nitro groups is 1. The molecule has 0 spiro atoms. The zero-order chi connectivity index (χ0) is 23.4. The molecule has 0 N–H and O–H groups in total. The molecule has 4 rings (SSSR count). The van der Waals surface area contributed by atoms with Gasteiger partial charge in [0.25, 0.3) is 5.69 Å². The van der Waals surface area contributed by atoms with E-state index in [-0.39, 0.29) is 17.6 Å². The number of benzene rings is 3. The molecule has 1 atom stereocenters. The van der Waals surface area contributed by atoms with Gasteiger partial charge in [-0.15, -0.1) is 0 Å². The molecular formula is C26H24N2O5. The fraction of sp³-hybridized carbons (Fsp3) is 0.192. The first kappa shape index (κ1) is 22.1. The standard InChI is InChI=1S/C26H24N2O5/c1-32-23-16-20-14-15-27(25(29)13-12-18-8-6-7-11-22(18)28(30)31)26(19-9-4-3-5-10-19)21(20)17-24(23)33-2/h3-13,16-17,26H,14-15H2,1-2H3. The number of methoxy groups -OCH3 is 2. The van der Waals surface area contributed by atoms with E-state index in [1.165, 1.54) is 18.2 Å². The zero-order valence-electron chi connectivity index (χ0n) is 18.4. The van der Waals surface area contributed by atoms with Crippen LogP contribution in [0.4, 0.5) is 5.69 Å². The number of carbonyl (C=O) groups excluding carboxylic acids is 1. The van der Waals surface area contributed by atoms with Crippen LogP contribution in [-0.4, -0.2) is 36.5 Å². The van der Waals surface area contributed by atoms with Gasteiger partial charge in [-0.2, -0.15) is 0 Å². The molecule has 168 valence electrons. The summed E-state index contributed by atoms with van der Waals surface area (Å²) < 4.78 is 11.0. The molecule has 0 bridgehead atoms. The molecule has 0 aromatic heterocycles. The fourth-order valence-electron chi connectivity index (χ4n) is 4.23. The van der Waals surface area contributed by atoms with E-state index in [1.807, 2.05) is 42.5 Å². The molecule has 1 heterocycles. The normalized spacial score (nSPS) is 15.2. The first-order chi connectivity index (χ1) is 16.0. The Bertz CT molecular complexity index is 1210. The third-order valence-electron chi connectivity index (χ3n) is 5.81. The first-order valence-corrected chi connectivity index (χ1v) is 10.5. The highest BCUT2D eigenvalue weighted by Crippen LogP contribution is 2.41. The SMILES string of the molecule is COc1cc2c(cc1OC)C(c1ccccc1)N(C(=O)C=Cc1ccccc1[N+](=O)[O-])CC2. The number of amides is 1. The summed E-state index contributed by atoms with van der Waals surface area (Å²) >= 11 is 0. The van der Waals surface area contributed by atoms with E-state index in [0.29, 0.717) is 30.0 Å². The predicted molar refractivity (Wildman–Crippen MR) is 125 cm³/mol. The van der Waals surface area contributed by atoms with E-state index in [0.717, 1.165) is 16.7 Å². The lowest BCUT2D eigenvalue weighted by Crippen LogP contribution is -2.39. The minimum atomic E-state index is -0.451. The molecular weight excluding hydrogens is 420 g/mol. The highest BCUT2D eigenvalue weighted by Gasteiger charge is 2.32. The zero-order valence-corrected chi connectivity index (χ0v) is 18.4. The quantitative estimate of drug-likeness (QED) is 0.310. The molecule has 0 saturated heterocycles. The van der Waals surface area contributed by atoms with Gasteiger partial charge in [0.1, 0.15) is 0 Å². The maximum Gasteiger partial charge on any atom is 0.276 e. The number of carbonyl (C=O) groups is 1. The van der Waals surface area contributed by atoms with Gasteiger partial charge in [-0.05, 0) is 47.4 Å². The maximum absolute atomic E-state index is 13.3. The summed E-state index contributed by atoms with van der Waals surface area (Å²) in [6.45, 7) is 0.502. The van der Waals surface area contributed by atoms with Gasteiger partial charge in [0.15, 0.2) is 11.5 Å². The topological polar surface area (TPSA) is 81.9 Å². The van der Waals surface area contributed by atoms with Crippen LogP contribution in [0.25, 0.3) is 6.08 Å². The number of nitrogens with zero attached hydrogens (tertiary/aromatic N) is 2. The number of hydrogen-bond acceptors (Lipinski definition) is 5. The van der Waals surface area contributed by atoms with Gasteiger partial charge in [-0.25, -0.2) is 0 Å². The van der Waals surface area contributed by atoms with E-state index in [4.69, 9.17) is 9.47 Å². The summed E-state index contributed by atoms with van der Waals surface area (Å²) in [5, 5.41) is 11.3. The van der Waals surface area contributed by atoms with Crippen LogP contribution < -0.4 is 9.47 Å². The predicted octanol–water partition coefficient (Wildman–Crippen LogP) is 4.80. The average molecular weight is 444 g/mol. The molecule has 33 heavy (non-hydrogen) atoms. The third-order valence-corrected chi connectivity index (χ3v) is 5.81. The Kier molecular flexibility index (Phi) is 6.40. The number of fused-ring (bicyclic) bond motifs is 1. The van der Waals surface area contributed by atoms with E-state index < -0.39 is 4.92 Å². The molecule has 1 amide bonds. The summed E-state index contributed by atoms with van der Waals surface area (Å²) in [6, 6.07) is 19.7. The number of para-hydroxylation sites is 1. The molecule has 0 aliphatic carbocycles. The Morgan fingerprint density at radius 1 is 1.03 bits per heavy atom. The van der Waals surface area contributed by atoms with Crippen LogP contribution in [0.5, 0.6) is 11.5 Å². The molecule has 1 aliphatic heterocycles. The summed E-state index contributed by atoms with van der Waals surface area (Å²) in [6.07, 6.45) is 3.57. The summed E-state index contributed by atoms with van der Waals surface area (Å²) in [5.74, 6) is 1.03. The van der Waals surface area contributed by atoms with Crippen molar-refractivity contribution < 1.29 is 19.2 Å². The van der Waals surface area contributed by atoms with Gasteiger partial charge in [0.2, 0.25) is 5.91 Å². The Balaban J connectivity index is 1.74. The first-order valence-electron chi connectivity index (χ1n) is 10.5. The Labute approximate surface area is 192 Å². The van der Waals surface area contributed by atoms with Gasteiger partial charge in [0, 0.05) is 18.7 Å². The van der Waals surface area contributed by atoms with Gasteiger partial charge in [-0.3, -0.25) is 14.9 Å². The highest BCUT2D eigenvalue weighted by atomic mass is 16.6. The molecule has 1 aliphatic rings. The lowest BCUT2D eigenvalue weighted by Gasteiger charge is -2.37. The molecule has 3 aromatic rings. The van der Waals surface area contributed by atoms with Crippen molar-refractivity contribution in [3.05, 3.63) is 105 Å². The second kappa shape index (κ2) is 9.56. The van der Waals surface area contributed by atoms with Gasteiger partial charge >= 0.3 is 0 Å². The fourth-order valence-corrected chi connectivity index (χ4v) is 4.23. The van der Waals surface area contributed by atoms with Crippen molar-refractivity contribution in [3.63, 3.8) is 0 Å². The largest absolute Gasteiger partial charge is 0.493 e. The number of nitro benzene ring substituents is 1. The van der Waals surface area contributed by atoms with Crippen LogP contribution in [-0.2, 0) is 11.2 Å². The summed E-state index contributed by atoms with van der Waals surface area (Å²) in [5.41, 5.74) is 3.38. The van der Waals surface area contributed by atoms with E-state index in [9.17, 15) is 14.9 Å². The van der Waals surface area contributed by atoms with Crippen molar-refractivity contribution in [1.82, 2.24) is 4.90 Å². The Hall–Kier alpha value is -4.13. The monoisotopic (exact) mass is 444 g/mol. The van der Waals surface area contributed by atoms with Crippen LogP contribution >= 0.6 is 0 Å². The van der Waals surface area contributed by atoms with Gasteiger partial charge in [-0.1, -0.05) is 42.5 Å². The number of rotatable bonds is 6. The molecule has 0 radical (unpaired) electrons. The van der Waals surface area contributed by atoms with Crippen LogP contribution in [0.1, 0.15) is 28.3 Å². The van der Waals surface area contributed by atoms with Gasteiger partial charge in [0.05, 0.1) is 30.7 Å². The lowest BCUT2D eigenvalue weighted by atomic mass is 9.87. The van der Waals surface area contributed by atoms with Crippen molar-refractivity contribution in [2.24, 2.45) is 0 Å². The molecule has 1 unspecified atom stereocenters. The second-order valence-corrected chi connectivity index (χ2v) is 7.65. The van der Waals surface area contributed by atoms with Crippen molar-refractivity contribution in [2.45, 2.75) is 12.5 Å². The third kappa shape index (κ3) is 4.43. The van der Waals surface area contributed by atoms with Crippen LogP contribution in [0.15, 0.2) is 72.8 Å². The molecule has 0 saturated carbocycles. The molecule has 7 nitrogen and oxygen atoms in total. The minimum absolute atomic E-state index is 0.0398. The molecule has 0 fully saturated rings. The van der Waals surface area contributed by atoms with Crippen LogP contribution in [0.2, 0.25) is 0 Å². The van der Waals surface area contributed by atoms with E-state index in [2.05, 4.69) is 0 Å². The van der Waals surface area contributed by atoms with Gasteiger partial charge < -0.3 is 14.4 Å². The van der Waals surface area contributed by atoms with E-state index >= 15 is 0 Å². The average Bonchev–Trinajstić information content (AvgIpc) is 2.86. The molecule has 3 aromatic carbocycles. The Morgan fingerprint density at radius 3 is 2.39 bits per heavy atom. The van der Waals surface area contributed by atoms with Crippen molar-refractivity contribution in [2.75, 3.05) is 20.8 Å². The molecule has 7 heteroatoms. The number of ether oxygens (including phenoxy) is 2. The van der Waals surface area contributed by atoms with Crippen LogP contribution in [0, 0.1) is 10.1 Å². The van der Waals surface area contributed by atoms with Crippen molar-refractivity contribution >= 4 is 17.7 Å². The summed E-state index contributed by atoms with van der Waals surface area (Å²) in [7, 11) is 3.19. The van der Waals surface area contributed by atoms with Crippen LogP contribution in [0.3, 0.4) is 0 Å². The van der Waals surface area contributed by atoms with Crippen molar-refractivity contribution in [1.29, 1.82) is 0 Å². The number of hydrogen-bond donors (Lipinski definition) is 0. The lowest BCUT2D eigenvalue weighted by molar-refractivity contribution is -0.385. The summed E-state index contributed by atoms with van der Waals surface area (Å²) in [4.78, 5) is 26.0. The maximum atomic E-state index is 13.3. The minimum Gasteiger partial charge on any atom is -0.493 e. The smallest absolute Gasteiger partial charge is 0.276 e. The second-order valence-electron chi connectivity index (χ2n) is 7.65.